The highest BCUT2D eigenvalue weighted by Crippen LogP contribution is 2.31. The van der Waals surface area contributed by atoms with Crippen LogP contribution in [0.5, 0.6) is 0 Å². The first kappa shape index (κ1) is 26.7. The highest BCUT2D eigenvalue weighted by atomic mass is 32.2. The van der Waals surface area contributed by atoms with Crippen molar-refractivity contribution in [3.8, 4) is 0 Å². The van der Waals surface area contributed by atoms with Gasteiger partial charge in [-0.25, -0.2) is 17.7 Å². The minimum Gasteiger partial charge on any atom is -0.267 e. The molecule has 4 aromatic rings. The molecule has 0 fully saturated rings. The molecule has 0 saturated carbocycles. The van der Waals surface area contributed by atoms with Gasteiger partial charge in [0.15, 0.2) is 0 Å². The number of amides is 1. The molecule has 0 spiro atoms. The molecule has 0 aliphatic heterocycles. The first-order chi connectivity index (χ1) is 17.7. The minimum atomic E-state index is -3.63. The van der Waals surface area contributed by atoms with E-state index < -0.39 is 15.9 Å². The summed E-state index contributed by atoms with van der Waals surface area (Å²) in [5.74, 6) is -0.401. The van der Waals surface area contributed by atoms with Gasteiger partial charge in [0.2, 0.25) is 15.2 Å². The average Bonchev–Trinajstić information content (AvgIpc) is 3.31. The smallest absolute Gasteiger partial charge is 0.267 e. The molecule has 0 bridgehead atoms. The molecule has 4 rings (SSSR count). The van der Waals surface area contributed by atoms with Crippen molar-refractivity contribution < 1.29 is 13.2 Å². The third-order valence-electron chi connectivity index (χ3n) is 5.94. The van der Waals surface area contributed by atoms with Gasteiger partial charge in [-0.05, 0) is 67.8 Å². The van der Waals surface area contributed by atoms with E-state index in [1.807, 2.05) is 63.2 Å². The molecule has 1 amide bonds. The zero-order valence-electron chi connectivity index (χ0n) is 21.4. The van der Waals surface area contributed by atoms with E-state index in [-0.39, 0.29) is 4.90 Å². The highest BCUT2D eigenvalue weighted by Gasteiger charge is 2.24. The Labute approximate surface area is 222 Å². The second-order valence-corrected chi connectivity index (χ2v) is 12.0. The summed E-state index contributed by atoms with van der Waals surface area (Å²) in [4.78, 5) is 18.4. The maximum atomic E-state index is 13.6. The fraction of sp³-hybridized carbons (Fsp3) is 0.250. The number of hydrazone groups is 1. The number of carbonyl (C=O) groups is 1. The van der Waals surface area contributed by atoms with Gasteiger partial charge >= 0.3 is 0 Å². The van der Waals surface area contributed by atoms with Crippen LogP contribution in [-0.4, -0.2) is 43.4 Å². The number of thiazole rings is 1. The topological polar surface area (TPSA) is 82.9 Å². The summed E-state index contributed by atoms with van der Waals surface area (Å²) in [6, 6.07) is 19.7. The van der Waals surface area contributed by atoms with E-state index in [0.29, 0.717) is 17.2 Å². The van der Waals surface area contributed by atoms with Crippen LogP contribution in [0.25, 0.3) is 10.2 Å². The largest absolute Gasteiger partial charge is 0.280 e. The summed E-state index contributed by atoms with van der Waals surface area (Å²) < 4.78 is 28.1. The molecular formula is C28H30N4O3S2. The second kappa shape index (κ2) is 11.3. The number of aromatic nitrogens is 1. The number of fused-ring (bicyclic) bond motifs is 1. The molecule has 0 saturated heterocycles. The van der Waals surface area contributed by atoms with Crippen LogP contribution in [0.3, 0.4) is 0 Å². The second-order valence-electron chi connectivity index (χ2n) is 8.94. The van der Waals surface area contributed by atoms with Crippen molar-refractivity contribution >= 4 is 48.8 Å². The number of rotatable bonds is 9. The van der Waals surface area contributed by atoms with Crippen LogP contribution in [0.15, 0.2) is 76.7 Å². The Hall–Kier alpha value is -3.40. The fourth-order valence-electron chi connectivity index (χ4n) is 3.65. The van der Waals surface area contributed by atoms with Crippen LogP contribution in [0.4, 0.5) is 5.13 Å². The quantitative estimate of drug-likeness (QED) is 0.194. The molecule has 3 aromatic carbocycles. The molecule has 7 nitrogen and oxygen atoms in total. The van der Waals surface area contributed by atoms with E-state index in [9.17, 15) is 13.2 Å². The molecule has 37 heavy (non-hydrogen) atoms. The third kappa shape index (κ3) is 6.12. The standard InChI is InChI=1S/C28H30N4O3S2/c1-5-6-17-31(4)37(34,35)24-14-12-23(13-15-24)27(33)32(29-19-22-10-7-20(2)8-11-22)28-30-25-16-9-21(3)18-26(25)36-28/h7-16,18-19H,5-6,17H2,1-4H3/b29-19+. The molecule has 0 atom stereocenters. The van der Waals surface area contributed by atoms with Gasteiger partial charge in [-0.2, -0.15) is 10.1 Å². The lowest BCUT2D eigenvalue weighted by Crippen LogP contribution is -2.28. The van der Waals surface area contributed by atoms with Gasteiger partial charge in [-0.3, -0.25) is 4.79 Å². The fourth-order valence-corrected chi connectivity index (χ4v) is 5.88. The van der Waals surface area contributed by atoms with E-state index >= 15 is 0 Å². The van der Waals surface area contributed by atoms with Crippen LogP contribution in [0.2, 0.25) is 0 Å². The molecule has 0 aliphatic rings. The molecule has 0 radical (unpaired) electrons. The number of anilines is 1. The lowest BCUT2D eigenvalue weighted by atomic mass is 10.2. The van der Waals surface area contributed by atoms with Gasteiger partial charge in [0.1, 0.15) is 0 Å². The molecule has 9 heteroatoms. The summed E-state index contributed by atoms with van der Waals surface area (Å²) in [7, 11) is -2.06. The Morgan fingerprint density at radius 1 is 1.00 bits per heavy atom. The van der Waals surface area contributed by atoms with Crippen molar-refractivity contribution in [3.05, 3.63) is 89.0 Å². The molecular weight excluding hydrogens is 504 g/mol. The summed E-state index contributed by atoms with van der Waals surface area (Å²) in [6.45, 7) is 6.47. The molecule has 1 heterocycles. The first-order valence-electron chi connectivity index (χ1n) is 12.1. The van der Waals surface area contributed by atoms with E-state index in [2.05, 4.69) is 10.1 Å². The maximum Gasteiger partial charge on any atom is 0.280 e. The summed E-state index contributed by atoms with van der Waals surface area (Å²) in [5, 5.41) is 6.21. The molecule has 0 aliphatic carbocycles. The predicted octanol–water partition coefficient (Wildman–Crippen LogP) is 6.01. The normalized spacial score (nSPS) is 12.0. The Morgan fingerprint density at radius 2 is 1.68 bits per heavy atom. The van der Waals surface area contributed by atoms with Crippen LogP contribution in [0, 0.1) is 13.8 Å². The Kier molecular flexibility index (Phi) is 8.16. The van der Waals surface area contributed by atoms with Gasteiger partial charge in [-0.15, -0.1) is 0 Å². The lowest BCUT2D eigenvalue weighted by Gasteiger charge is -2.17. The first-order valence-corrected chi connectivity index (χ1v) is 14.3. The SMILES string of the molecule is CCCCN(C)S(=O)(=O)c1ccc(C(=O)N(/N=C/c2ccc(C)cc2)c2nc3ccc(C)cc3s2)cc1. The zero-order valence-corrected chi connectivity index (χ0v) is 23.0. The third-order valence-corrected chi connectivity index (χ3v) is 8.81. The molecule has 1 aromatic heterocycles. The van der Waals surface area contributed by atoms with Crippen molar-refractivity contribution in [1.82, 2.24) is 9.29 Å². The molecule has 192 valence electrons. The monoisotopic (exact) mass is 534 g/mol. The number of hydrogen-bond donors (Lipinski definition) is 0. The molecule has 0 unspecified atom stereocenters. The highest BCUT2D eigenvalue weighted by molar-refractivity contribution is 7.89. The number of sulfonamides is 1. The van der Waals surface area contributed by atoms with Crippen LogP contribution >= 0.6 is 11.3 Å². The Morgan fingerprint density at radius 3 is 2.35 bits per heavy atom. The maximum absolute atomic E-state index is 13.6. The van der Waals surface area contributed by atoms with Crippen LogP contribution in [-0.2, 0) is 10.0 Å². The summed E-state index contributed by atoms with van der Waals surface area (Å²) in [6.07, 6.45) is 3.30. The van der Waals surface area contributed by atoms with Crippen molar-refractivity contribution in [2.75, 3.05) is 18.6 Å². The van der Waals surface area contributed by atoms with Crippen LogP contribution < -0.4 is 5.01 Å². The Balaban J connectivity index is 1.67. The van der Waals surface area contributed by atoms with E-state index in [4.69, 9.17) is 0 Å². The van der Waals surface area contributed by atoms with Crippen molar-refractivity contribution in [2.24, 2.45) is 5.10 Å². The number of unbranched alkanes of at least 4 members (excludes halogenated alkanes) is 1. The van der Waals surface area contributed by atoms with Gasteiger partial charge in [0.25, 0.3) is 5.91 Å². The van der Waals surface area contributed by atoms with Gasteiger partial charge in [0.05, 0.1) is 21.3 Å². The minimum absolute atomic E-state index is 0.146. The number of aryl methyl sites for hydroxylation is 2. The van der Waals surface area contributed by atoms with Crippen molar-refractivity contribution in [3.63, 3.8) is 0 Å². The van der Waals surface area contributed by atoms with E-state index in [1.54, 1.807) is 13.3 Å². The van der Waals surface area contributed by atoms with Gasteiger partial charge in [-0.1, -0.05) is 60.6 Å². The zero-order chi connectivity index (χ0) is 26.6. The number of hydrogen-bond acceptors (Lipinski definition) is 6. The average molecular weight is 535 g/mol. The van der Waals surface area contributed by atoms with Crippen molar-refractivity contribution in [2.45, 2.75) is 38.5 Å². The number of carbonyl (C=O) groups excluding carboxylic acids is 1. The Bertz CT molecular complexity index is 1530. The van der Waals surface area contributed by atoms with Crippen LogP contribution in [0.1, 0.15) is 46.8 Å². The van der Waals surface area contributed by atoms with E-state index in [0.717, 1.165) is 39.7 Å². The predicted molar refractivity (Wildman–Crippen MR) is 151 cm³/mol. The summed E-state index contributed by atoms with van der Waals surface area (Å²) in [5.41, 5.74) is 4.17. The summed E-state index contributed by atoms with van der Waals surface area (Å²) >= 11 is 1.38. The number of nitrogens with zero attached hydrogens (tertiary/aromatic N) is 4. The van der Waals surface area contributed by atoms with Gasteiger partial charge < -0.3 is 0 Å². The van der Waals surface area contributed by atoms with Crippen molar-refractivity contribution in [1.29, 1.82) is 0 Å². The van der Waals surface area contributed by atoms with Gasteiger partial charge in [0, 0.05) is 19.2 Å². The van der Waals surface area contributed by atoms with E-state index in [1.165, 1.54) is 44.9 Å². The number of benzene rings is 3. The molecule has 0 N–H and O–H groups in total. The lowest BCUT2D eigenvalue weighted by molar-refractivity contribution is 0.0987.